The zero-order valence-electron chi connectivity index (χ0n) is 11.4. The molecule has 1 aliphatic heterocycles. The number of hydrogen-bond acceptors (Lipinski definition) is 3. The number of nitriles is 1. The molecule has 0 amide bonds. The first-order chi connectivity index (χ1) is 8.36. The van der Waals surface area contributed by atoms with Gasteiger partial charge in [0, 0.05) is 5.56 Å². The monoisotopic (exact) mass is 245 g/mol. The van der Waals surface area contributed by atoms with Crippen LogP contribution in [0.25, 0.3) is 0 Å². The van der Waals surface area contributed by atoms with Crippen molar-refractivity contribution in [1.82, 2.24) is 0 Å². The Bertz CT molecular complexity index is 452. The van der Waals surface area contributed by atoms with Crippen molar-refractivity contribution in [2.24, 2.45) is 0 Å². The molecule has 0 aliphatic carbocycles. The summed E-state index contributed by atoms with van der Waals surface area (Å²) in [4.78, 5) is 0. The lowest BCUT2D eigenvalue weighted by Crippen LogP contribution is -2.41. The molecule has 1 heterocycles. The summed E-state index contributed by atoms with van der Waals surface area (Å²) in [5, 5.41) is 8.64. The Hall–Kier alpha value is -1.37. The number of hydrogen-bond donors (Lipinski definition) is 0. The molecule has 0 saturated carbocycles. The fourth-order valence-electron chi connectivity index (χ4n) is 1.86. The van der Waals surface area contributed by atoms with Crippen LogP contribution >= 0.6 is 0 Å². The number of rotatable bonds is 2. The highest BCUT2D eigenvalue weighted by Gasteiger charge is 2.49. The van der Waals surface area contributed by atoms with Crippen molar-refractivity contribution >= 4 is 0 Å². The van der Waals surface area contributed by atoms with Crippen LogP contribution in [0.4, 0.5) is 0 Å². The third-order valence-electron chi connectivity index (χ3n) is 3.79. The van der Waals surface area contributed by atoms with Crippen molar-refractivity contribution in [3.05, 3.63) is 35.4 Å². The van der Waals surface area contributed by atoms with E-state index in [9.17, 15) is 0 Å². The molecule has 3 nitrogen and oxygen atoms in total. The van der Waals surface area contributed by atoms with Crippen LogP contribution in [0.3, 0.4) is 0 Å². The molecule has 3 heteroatoms. The lowest BCUT2D eigenvalue weighted by molar-refractivity contribution is -0.0895. The fourth-order valence-corrected chi connectivity index (χ4v) is 1.86. The quantitative estimate of drug-likeness (QED) is 0.802. The summed E-state index contributed by atoms with van der Waals surface area (Å²) in [5.41, 5.74) is 1.37. The van der Waals surface area contributed by atoms with Gasteiger partial charge in [-0.2, -0.15) is 5.26 Å². The minimum absolute atomic E-state index is 0.316. The van der Waals surface area contributed by atoms with Crippen molar-refractivity contribution in [2.75, 3.05) is 0 Å². The van der Waals surface area contributed by atoms with Crippen molar-refractivity contribution < 1.29 is 9.47 Å². The molecule has 2 rings (SSSR count). The maximum absolute atomic E-state index is 8.64. The Labute approximate surface area is 108 Å². The van der Waals surface area contributed by atoms with Gasteiger partial charge in [0.1, 0.15) is 0 Å². The van der Waals surface area contributed by atoms with E-state index in [0.717, 1.165) is 11.1 Å². The summed E-state index contributed by atoms with van der Waals surface area (Å²) < 4.78 is 11.9. The van der Waals surface area contributed by atoms with Crippen LogP contribution < -0.4 is 0 Å². The topological polar surface area (TPSA) is 42.2 Å². The molecule has 0 N–H and O–H groups in total. The second-order valence-corrected chi connectivity index (χ2v) is 5.66. The van der Waals surface area contributed by atoms with Gasteiger partial charge in [-0.3, -0.25) is 0 Å². The lowest BCUT2D eigenvalue weighted by atomic mass is 9.90. The second kappa shape index (κ2) is 4.38. The van der Waals surface area contributed by atoms with Crippen molar-refractivity contribution in [2.45, 2.75) is 51.6 Å². The van der Waals surface area contributed by atoms with Gasteiger partial charge in [-0.1, -0.05) is 24.3 Å². The van der Waals surface area contributed by atoms with E-state index >= 15 is 0 Å². The summed E-state index contributed by atoms with van der Waals surface area (Å²) in [5.74, 6) is 0. The van der Waals surface area contributed by atoms with Gasteiger partial charge in [-0.05, 0) is 33.3 Å². The SMILES string of the molecule is CC1(C)OC(c2ccc(CC#N)cc2)OC1(C)C. The van der Waals surface area contributed by atoms with Crippen LogP contribution in [0.1, 0.15) is 45.1 Å². The smallest absolute Gasteiger partial charge is 0.185 e. The van der Waals surface area contributed by atoms with Crippen molar-refractivity contribution in [3.8, 4) is 6.07 Å². The molecule has 0 radical (unpaired) electrons. The van der Waals surface area contributed by atoms with Crippen molar-refractivity contribution in [1.29, 1.82) is 5.26 Å². The first kappa shape index (κ1) is 13.1. The molecule has 18 heavy (non-hydrogen) atoms. The van der Waals surface area contributed by atoms with Crippen LogP contribution in [-0.4, -0.2) is 11.2 Å². The Kier molecular flexibility index (Phi) is 3.18. The first-order valence-electron chi connectivity index (χ1n) is 6.17. The second-order valence-electron chi connectivity index (χ2n) is 5.66. The number of benzene rings is 1. The lowest BCUT2D eigenvalue weighted by Gasteiger charge is -2.30. The first-order valence-corrected chi connectivity index (χ1v) is 6.17. The molecule has 0 bridgehead atoms. The van der Waals surface area contributed by atoms with E-state index in [1.54, 1.807) is 0 Å². The highest BCUT2D eigenvalue weighted by atomic mass is 16.7. The normalized spacial score (nSPS) is 21.7. The van der Waals surface area contributed by atoms with Gasteiger partial charge in [-0.15, -0.1) is 0 Å². The van der Waals surface area contributed by atoms with E-state index in [1.807, 2.05) is 52.0 Å². The number of nitrogens with zero attached hydrogens (tertiary/aromatic N) is 1. The Morgan fingerprint density at radius 1 is 1.06 bits per heavy atom. The average Bonchev–Trinajstić information content (AvgIpc) is 2.50. The summed E-state index contributed by atoms with van der Waals surface area (Å²) in [6.45, 7) is 8.15. The summed E-state index contributed by atoms with van der Waals surface area (Å²) in [6, 6.07) is 9.97. The molecule has 1 fully saturated rings. The molecule has 1 aromatic carbocycles. The van der Waals surface area contributed by atoms with Crippen LogP contribution in [0.2, 0.25) is 0 Å². The zero-order valence-corrected chi connectivity index (χ0v) is 11.4. The third kappa shape index (κ3) is 2.27. The van der Waals surface area contributed by atoms with E-state index in [-0.39, 0.29) is 17.5 Å². The Balaban J connectivity index is 2.17. The molecule has 1 aliphatic rings. The molecule has 0 unspecified atom stereocenters. The highest BCUT2D eigenvalue weighted by Crippen LogP contribution is 2.44. The maximum atomic E-state index is 8.64. The fraction of sp³-hybridized carbons (Fsp3) is 0.533. The standard InChI is InChI=1S/C15H19NO2/c1-14(2)15(3,4)18-13(17-14)12-7-5-11(6-8-12)9-10-16/h5-8,13H,9H2,1-4H3. The molecule has 1 saturated heterocycles. The summed E-state index contributed by atoms with van der Waals surface area (Å²) >= 11 is 0. The molecule has 96 valence electrons. The molecule has 0 atom stereocenters. The van der Waals surface area contributed by atoms with Gasteiger partial charge >= 0.3 is 0 Å². The van der Waals surface area contributed by atoms with E-state index < -0.39 is 0 Å². The number of ether oxygens (including phenoxy) is 2. The Morgan fingerprint density at radius 3 is 2.00 bits per heavy atom. The molecule has 0 aromatic heterocycles. The largest absolute Gasteiger partial charge is 0.339 e. The maximum Gasteiger partial charge on any atom is 0.185 e. The van der Waals surface area contributed by atoms with Crippen LogP contribution in [0, 0.1) is 11.3 Å². The van der Waals surface area contributed by atoms with Gasteiger partial charge in [0.25, 0.3) is 0 Å². The van der Waals surface area contributed by atoms with Crippen LogP contribution in [0.15, 0.2) is 24.3 Å². The average molecular weight is 245 g/mol. The van der Waals surface area contributed by atoms with Crippen LogP contribution in [-0.2, 0) is 15.9 Å². The molecule has 0 spiro atoms. The van der Waals surface area contributed by atoms with E-state index in [4.69, 9.17) is 14.7 Å². The molecular formula is C15H19NO2. The van der Waals surface area contributed by atoms with Crippen LogP contribution in [0.5, 0.6) is 0 Å². The summed E-state index contributed by atoms with van der Waals surface area (Å²) in [6.07, 6.45) is 0.107. The highest BCUT2D eigenvalue weighted by molar-refractivity contribution is 5.26. The predicted molar refractivity (Wildman–Crippen MR) is 68.8 cm³/mol. The third-order valence-corrected chi connectivity index (χ3v) is 3.79. The summed E-state index contributed by atoms with van der Waals surface area (Å²) in [7, 11) is 0. The molecule has 1 aromatic rings. The Morgan fingerprint density at radius 2 is 1.56 bits per heavy atom. The van der Waals surface area contributed by atoms with Gasteiger partial charge in [-0.25, -0.2) is 0 Å². The van der Waals surface area contributed by atoms with Gasteiger partial charge in [0.15, 0.2) is 6.29 Å². The van der Waals surface area contributed by atoms with E-state index in [1.165, 1.54) is 0 Å². The minimum Gasteiger partial charge on any atom is -0.339 e. The zero-order chi connectivity index (χ0) is 13.4. The minimum atomic E-state index is -0.328. The van der Waals surface area contributed by atoms with Crippen molar-refractivity contribution in [3.63, 3.8) is 0 Å². The predicted octanol–water partition coefficient (Wildman–Crippen LogP) is 3.36. The van der Waals surface area contributed by atoms with E-state index in [0.29, 0.717) is 6.42 Å². The van der Waals surface area contributed by atoms with Gasteiger partial charge < -0.3 is 9.47 Å². The van der Waals surface area contributed by atoms with Gasteiger partial charge in [0.05, 0.1) is 23.7 Å². The van der Waals surface area contributed by atoms with Gasteiger partial charge in [0.2, 0.25) is 0 Å². The molecular weight excluding hydrogens is 226 g/mol. The van der Waals surface area contributed by atoms with E-state index in [2.05, 4.69) is 6.07 Å².